The van der Waals surface area contributed by atoms with Crippen molar-refractivity contribution >= 4 is 72.1 Å². The summed E-state index contributed by atoms with van der Waals surface area (Å²) in [6.07, 6.45) is 10.2. The van der Waals surface area contributed by atoms with Crippen LogP contribution in [0, 0.1) is 5.92 Å². The summed E-state index contributed by atoms with van der Waals surface area (Å²) in [6, 6.07) is 55.8. The third-order valence-corrected chi connectivity index (χ3v) is 14.4. The molecule has 2 aromatic heterocycles. The van der Waals surface area contributed by atoms with E-state index in [-0.39, 0.29) is 5.92 Å². The zero-order valence-electron chi connectivity index (χ0n) is 39.1. The van der Waals surface area contributed by atoms with Gasteiger partial charge >= 0.3 is 0 Å². The van der Waals surface area contributed by atoms with Gasteiger partial charge in [0.05, 0.1) is 22.4 Å². The van der Waals surface area contributed by atoms with Crippen molar-refractivity contribution in [2.45, 2.75) is 85.5 Å². The van der Waals surface area contributed by atoms with Gasteiger partial charge < -0.3 is 14.2 Å². The number of benzene rings is 7. The molecule has 7 aromatic carbocycles. The van der Waals surface area contributed by atoms with E-state index in [1.54, 1.807) is 0 Å². The standard InChI is InChI=1S/C62H59N3/c1-38(2)42-20-28-48(29-21-42)63(49-30-22-43(23-31-49)39(3)4)61-52-16-11-9-14-46(52)36-56-58(61)54-18-13-19-55-59-57(65(56)60(54)55)37-47-15-10-12-17-53(47)62(59)64(50-32-24-44(25-33-50)40(5)6)51-34-26-45(27-35-51)41(7)8/h9-36,38-41,47H,37H2,1-8H3. The molecule has 1 atom stereocenters. The van der Waals surface area contributed by atoms with Crippen molar-refractivity contribution in [3.63, 3.8) is 0 Å². The van der Waals surface area contributed by atoms with E-state index in [4.69, 9.17) is 0 Å². The summed E-state index contributed by atoms with van der Waals surface area (Å²) in [7, 11) is 0. The molecule has 0 amide bonds. The number of hydrogen-bond acceptors (Lipinski definition) is 2. The molecule has 0 saturated carbocycles. The predicted molar refractivity (Wildman–Crippen MR) is 280 cm³/mol. The van der Waals surface area contributed by atoms with Crippen molar-refractivity contribution in [2.75, 3.05) is 9.80 Å². The Bertz CT molecular complexity index is 3210. The quantitative estimate of drug-likeness (QED) is 0.136. The molecule has 0 N–H and O–H groups in total. The number of aromatic nitrogens is 1. The molecule has 3 heteroatoms. The third-order valence-electron chi connectivity index (χ3n) is 14.4. The fraction of sp³-hybridized carbons (Fsp3) is 0.226. The van der Waals surface area contributed by atoms with Crippen molar-refractivity contribution in [2.24, 2.45) is 5.92 Å². The Hall–Kier alpha value is -6.84. The fourth-order valence-corrected chi connectivity index (χ4v) is 10.8. The van der Waals surface area contributed by atoms with Crippen LogP contribution in [0.2, 0.25) is 0 Å². The lowest BCUT2D eigenvalue weighted by Crippen LogP contribution is -2.25. The number of rotatable bonds is 10. The number of anilines is 5. The molecule has 3 nitrogen and oxygen atoms in total. The first-order valence-electron chi connectivity index (χ1n) is 23.9. The number of para-hydroxylation sites is 1. The van der Waals surface area contributed by atoms with E-state index in [2.05, 4.69) is 239 Å². The molecule has 0 aliphatic heterocycles. The first-order valence-corrected chi connectivity index (χ1v) is 23.9. The van der Waals surface area contributed by atoms with E-state index >= 15 is 0 Å². The van der Waals surface area contributed by atoms with Gasteiger partial charge in [0, 0.05) is 61.5 Å². The predicted octanol–water partition coefficient (Wildman–Crippen LogP) is 17.6. The van der Waals surface area contributed by atoms with E-state index in [0.717, 1.165) is 17.8 Å². The van der Waals surface area contributed by atoms with Gasteiger partial charge in [0.1, 0.15) is 0 Å². The fourth-order valence-electron chi connectivity index (χ4n) is 10.8. The van der Waals surface area contributed by atoms with Gasteiger partial charge in [0.15, 0.2) is 0 Å². The Morgan fingerprint density at radius 3 is 1.49 bits per heavy atom. The second-order valence-electron chi connectivity index (χ2n) is 19.7. The molecule has 0 saturated heterocycles. The number of fused-ring (bicyclic) bond motifs is 8. The van der Waals surface area contributed by atoms with Gasteiger partial charge in [0.25, 0.3) is 0 Å². The molecule has 2 heterocycles. The van der Waals surface area contributed by atoms with Crippen molar-refractivity contribution in [3.05, 3.63) is 209 Å². The molecule has 0 fully saturated rings. The van der Waals surface area contributed by atoms with Gasteiger partial charge in [0.2, 0.25) is 0 Å². The molecule has 0 radical (unpaired) electrons. The minimum Gasteiger partial charge on any atom is -0.312 e. The Balaban J connectivity index is 1.23. The Morgan fingerprint density at radius 2 is 0.969 bits per heavy atom. The maximum absolute atomic E-state index is 2.66. The first-order chi connectivity index (χ1) is 31.6. The van der Waals surface area contributed by atoms with Crippen LogP contribution in [0.25, 0.3) is 43.7 Å². The van der Waals surface area contributed by atoms with E-state index in [0.29, 0.717) is 23.7 Å². The minimum atomic E-state index is 0.221. The number of hydrogen-bond donors (Lipinski definition) is 0. The van der Waals surface area contributed by atoms with Crippen LogP contribution in [0.4, 0.5) is 28.4 Å². The average Bonchev–Trinajstić information content (AvgIpc) is 3.84. The summed E-state index contributed by atoms with van der Waals surface area (Å²) >= 11 is 0. The van der Waals surface area contributed by atoms with Crippen LogP contribution in [-0.2, 0) is 6.42 Å². The molecular formula is C62H59N3. The van der Waals surface area contributed by atoms with Gasteiger partial charge in [-0.05, 0) is 118 Å². The van der Waals surface area contributed by atoms with Crippen molar-refractivity contribution in [1.29, 1.82) is 0 Å². The van der Waals surface area contributed by atoms with Crippen LogP contribution >= 0.6 is 0 Å². The van der Waals surface area contributed by atoms with E-state index in [1.165, 1.54) is 99.8 Å². The monoisotopic (exact) mass is 845 g/mol. The number of allylic oxidation sites excluding steroid dienone is 5. The third kappa shape index (κ3) is 6.70. The lowest BCUT2D eigenvalue weighted by Gasteiger charge is -2.36. The van der Waals surface area contributed by atoms with E-state index < -0.39 is 0 Å². The lowest BCUT2D eigenvalue weighted by atomic mass is 9.80. The Kier molecular flexibility index (Phi) is 10.1. The molecule has 1 unspecified atom stereocenters. The highest BCUT2D eigenvalue weighted by molar-refractivity contribution is 6.27. The highest BCUT2D eigenvalue weighted by Gasteiger charge is 2.37. The largest absolute Gasteiger partial charge is 0.312 e. The van der Waals surface area contributed by atoms with Crippen molar-refractivity contribution in [1.82, 2.24) is 4.40 Å². The van der Waals surface area contributed by atoms with Gasteiger partial charge in [-0.15, -0.1) is 0 Å². The van der Waals surface area contributed by atoms with Crippen LogP contribution in [0.3, 0.4) is 0 Å². The molecule has 11 rings (SSSR count). The first kappa shape index (κ1) is 40.9. The highest BCUT2D eigenvalue weighted by atomic mass is 15.2. The second kappa shape index (κ2) is 16.0. The van der Waals surface area contributed by atoms with Crippen molar-refractivity contribution < 1.29 is 0 Å². The minimum absolute atomic E-state index is 0.221. The Labute approximate surface area is 385 Å². The smallest absolute Gasteiger partial charge is 0.0640 e. The van der Waals surface area contributed by atoms with Gasteiger partial charge in [-0.25, -0.2) is 0 Å². The van der Waals surface area contributed by atoms with E-state index in [1.807, 2.05) is 0 Å². The molecule has 9 aromatic rings. The van der Waals surface area contributed by atoms with Crippen LogP contribution in [0.15, 0.2) is 175 Å². The van der Waals surface area contributed by atoms with E-state index in [9.17, 15) is 0 Å². The van der Waals surface area contributed by atoms with Gasteiger partial charge in [-0.3, -0.25) is 0 Å². The SMILES string of the molecule is CC(C)c1ccc(N(C2=C3C=CC=CC3Cc3c2c2cccc4c5c(N(c6ccc(C(C)C)cc6)c6ccc(C(C)C)cc6)c6ccccc6cc5n3c24)c2ccc(C(C)C)cc2)cc1. The molecule has 322 valence electrons. The molecule has 2 aliphatic carbocycles. The molecule has 0 bridgehead atoms. The maximum Gasteiger partial charge on any atom is 0.0640 e. The molecular weight excluding hydrogens is 787 g/mol. The summed E-state index contributed by atoms with van der Waals surface area (Å²) in [5, 5.41) is 6.34. The summed E-state index contributed by atoms with van der Waals surface area (Å²) in [5.41, 5.74) is 19.2. The van der Waals surface area contributed by atoms with Crippen LogP contribution < -0.4 is 9.80 Å². The zero-order chi connectivity index (χ0) is 44.7. The maximum atomic E-state index is 2.66. The topological polar surface area (TPSA) is 10.9 Å². The summed E-state index contributed by atoms with van der Waals surface area (Å²) in [5.74, 6) is 2.02. The number of nitrogens with zero attached hydrogens (tertiary/aromatic N) is 3. The summed E-state index contributed by atoms with van der Waals surface area (Å²) in [6.45, 7) is 18.2. The molecule has 2 aliphatic rings. The molecule has 0 spiro atoms. The second-order valence-corrected chi connectivity index (χ2v) is 19.7. The normalized spacial score (nSPS) is 14.9. The Morgan fingerprint density at radius 1 is 0.492 bits per heavy atom. The van der Waals surface area contributed by atoms with Gasteiger partial charge in [-0.1, -0.05) is 171 Å². The van der Waals surface area contributed by atoms with Gasteiger partial charge in [-0.2, -0.15) is 0 Å². The van der Waals surface area contributed by atoms with Crippen LogP contribution in [0.5, 0.6) is 0 Å². The summed E-state index contributed by atoms with van der Waals surface area (Å²) < 4.78 is 2.66. The zero-order valence-corrected chi connectivity index (χ0v) is 39.1. The highest BCUT2D eigenvalue weighted by Crippen LogP contribution is 2.53. The molecule has 65 heavy (non-hydrogen) atoms. The summed E-state index contributed by atoms with van der Waals surface area (Å²) in [4.78, 5) is 5.10. The average molecular weight is 846 g/mol. The lowest BCUT2D eigenvalue weighted by molar-refractivity contribution is 0.729. The van der Waals surface area contributed by atoms with Crippen molar-refractivity contribution in [3.8, 4) is 0 Å². The van der Waals surface area contributed by atoms with Crippen LogP contribution in [-0.4, -0.2) is 4.40 Å². The van der Waals surface area contributed by atoms with Crippen LogP contribution in [0.1, 0.15) is 113 Å².